The van der Waals surface area contributed by atoms with Crippen LogP contribution in [0.25, 0.3) is 0 Å². The quantitative estimate of drug-likeness (QED) is 0.537. The highest BCUT2D eigenvalue weighted by Crippen LogP contribution is 2.37. The van der Waals surface area contributed by atoms with Gasteiger partial charge in [0.05, 0.1) is 31.9 Å². The minimum atomic E-state index is -3.97. The highest BCUT2D eigenvalue weighted by molar-refractivity contribution is 7.89. The Bertz CT molecular complexity index is 1220. The fourth-order valence-electron chi connectivity index (χ4n) is 4.38. The Morgan fingerprint density at radius 3 is 2.69 bits per heavy atom. The maximum Gasteiger partial charge on any atom is 0.348 e. The number of esters is 1. The summed E-state index contributed by atoms with van der Waals surface area (Å²) in [7, 11) is -2.71. The lowest BCUT2D eigenvalue weighted by molar-refractivity contribution is -0.148. The van der Waals surface area contributed by atoms with Gasteiger partial charge in [-0.25, -0.2) is 13.2 Å². The molecule has 0 unspecified atom stereocenters. The van der Waals surface area contributed by atoms with Crippen molar-refractivity contribution < 1.29 is 32.2 Å². The van der Waals surface area contributed by atoms with Crippen molar-refractivity contribution in [2.45, 2.75) is 30.8 Å². The number of halogens is 1. The molecular weight excluding hydrogens is 496 g/mol. The third kappa shape index (κ3) is 5.10. The molecule has 2 atom stereocenters. The number of para-hydroxylation sites is 2. The van der Waals surface area contributed by atoms with Gasteiger partial charge in [0.25, 0.3) is 0 Å². The topological polar surface area (TPSA) is 102 Å². The highest BCUT2D eigenvalue weighted by Gasteiger charge is 2.40. The molecule has 11 heteroatoms. The third-order valence-electron chi connectivity index (χ3n) is 6.06. The number of carbonyl (C=O) groups excluding carboxylic acids is 2. The number of hydrogen-bond acceptors (Lipinski definition) is 7. The summed E-state index contributed by atoms with van der Waals surface area (Å²) in [5.41, 5.74) is 0.533. The van der Waals surface area contributed by atoms with Crippen molar-refractivity contribution in [1.29, 1.82) is 0 Å². The minimum absolute atomic E-state index is 0.00165. The summed E-state index contributed by atoms with van der Waals surface area (Å²) in [6.07, 6.45) is 0.0516. The van der Waals surface area contributed by atoms with Crippen LogP contribution in [0.4, 0.5) is 5.69 Å². The van der Waals surface area contributed by atoms with Crippen molar-refractivity contribution in [3.8, 4) is 11.5 Å². The van der Waals surface area contributed by atoms with Crippen molar-refractivity contribution in [3.05, 3.63) is 47.5 Å². The third-order valence-corrected chi connectivity index (χ3v) is 8.18. The number of hydrogen-bond donors (Lipinski definition) is 0. The normalized spacial score (nSPS) is 20.5. The van der Waals surface area contributed by atoms with Gasteiger partial charge < -0.3 is 19.1 Å². The lowest BCUT2D eigenvalue weighted by Gasteiger charge is -2.38. The van der Waals surface area contributed by atoms with E-state index in [1.54, 1.807) is 37.3 Å². The fraction of sp³-hybridized carbons (Fsp3) is 0.417. The Labute approximate surface area is 209 Å². The van der Waals surface area contributed by atoms with Crippen molar-refractivity contribution in [2.24, 2.45) is 5.92 Å². The van der Waals surface area contributed by atoms with Crippen LogP contribution < -0.4 is 14.4 Å². The maximum absolute atomic E-state index is 13.7. The summed E-state index contributed by atoms with van der Waals surface area (Å²) in [5.74, 6) is -0.852. The first-order chi connectivity index (χ1) is 16.8. The van der Waals surface area contributed by atoms with Crippen LogP contribution in [-0.4, -0.2) is 64.1 Å². The van der Waals surface area contributed by atoms with Crippen molar-refractivity contribution in [3.63, 3.8) is 0 Å². The highest BCUT2D eigenvalue weighted by atomic mass is 35.5. The van der Waals surface area contributed by atoms with Gasteiger partial charge in [0, 0.05) is 18.1 Å². The Hall–Kier alpha value is -2.82. The van der Waals surface area contributed by atoms with Gasteiger partial charge in [-0.3, -0.25) is 4.79 Å². The molecule has 0 radical (unpaired) electrons. The average Bonchev–Trinajstić information content (AvgIpc) is 2.88. The molecule has 0 saturated carbocycles. The lowest BCUT2D eigenvalue weighted by Crippen LogP contribution is -2.52. The molecule has 1 fully saturated rings. The number of fused-ring (bicyclic) bond motifs is 1. The number of benzene rings is 2. The van der Waals surface area contributed by atoms with E-state index in [1.165, 1.54) is 28.4 Å². The second-order valence-electron chi connectivity index (χ2n) is 8.27. The van der Waals surface area contributed by atoms with Crippen LogP contribution in [0.1, 0.15) is 19.8 Å². The van der Waals surface area contributed by atoms with Crippen molar-refractivity contribution in [2.75, 3.05) is 38.3 Å². The molecule has 0 aliphatic carbocycles. The molecule has 0 aromatic heterocycles. The van der Waals surface area contributed by atoms with Crippen LogP contribution in [-0.2, 0) is 24.3 Å². The van der Waals surface area contributed by atoms with Gasteiger partial charge in [-0.05, 0) is 50.1 Å². The summed E-state index contributed by atoms with van der Waals surface area (Å²) in [4.78, 5) is 27.3. The second kappa shape index (κ2) is 10.4. The standard InChI is InChI=1S/C24H27ClN2O7S/c1-3-33-20-11-10-17(25)13-22(20)35(30,31)26-12-6-7-16(14-26)23(28)27-15-21(24(29)32-2)34-19-9-5-4-8-18(19)27/h4-5,8-11,13,16,21H,3,6-7,12,14-15H2,1-2H3/t16-,21-/m0/s1. The summed E-state index contributed by atoms with van der Waals surface area (Å²) in [6.45, 7) is 2.32. The van der Waals surface area contributed by atoms with Crippen LogP contribution in [0.15, 0.2) is 47.4 Å². The SMILES string of the molecule is CCOc1ccc(Cl)cc1S(=O)(=O)N1CCC[C@H](C(=O)N2C[C@@H](C(=O)OC)Oc3ccccc32)C1. The maximum atomic E-state index is 13.7. The van der Waals surface area contributed by atoms with E-state index in [0.29, 0.717) is 30.9 Å². The molecule has 2 aromatic carbocycles. The molecule has 2 aromatic rings. The predicted molar refractivity (Wildman–Crippen MR) is 129 cm³/mol. The van der Waals surface area contributed by atoms with E-state index in [2.05, 4.69) is 0 Å². The number of methoxy groups -OCH3 is 1. The Balaban J connectivity index is 1.60. The summed E-state index contributed by atoms with van der Waals surface area (Å²) in [5, 5.41) is 0.274. The van der Waals surface area contributed by atoms with Crippen LogP contribution in [0.2, 0.25) is 5.02 Å². The minimum Gasteiger partial charge on any atom is -0.492 e. The van der Waals surface area contributed by atoms with E-state index in [1.807, 2.05) is 0 Å². The van der Waals surface area contributed by atoms with Gasteiger partial charge in [0.1, 0.15) is 16.4 Å². The average molecular weight is 523 g/mol. The van der Waals surface area contributed by atoms with Crippen LogP contribution in [0.3, 0.4) is 0 Å². The molecule has 0 bridgehead atoms. The molecule has 9 nitrogen and oxygen atoms in total. The number of amides is 1. The zero-order valence-electron chi connectivity index (χ0n) is 19.5. The summed E-state index contributed by atoms with van der Waals surface area (Å²) in [6, 6.07) is 11.4. The predicted octanol–water partition coefficient (Wildman–Crippen LogP) is 3.11. The molecule has 188 valence electrons. The van der Waals surface area contributed by atoms with E-state index < -0.39 is 28.0 Å². The zero-order chi connectivity index (χ0) is 25.2. The fourth-order valence-corrected chi connectivity index (χ4v) is 6.30. The van der Waals surface area contributed by atoms with Gasteiger partial charge in [-0.1, -0.05) is 23.7 Å². The van der Waals surface area contributed by atoms with Gasteiger partial charge in [-0.15, -0.1) is 0 Å². The molecule has 2 aliphatic heterocycles. The molecule has 2 aliphatic rings. The number of piperidine rings is 1. The second-order valence-corrected chi connectivity index (χ2v) is 10.6. The van der Waals surface area contributed by atoms with Crippen LogP contribution >= 0.6 is 11.6 Å². The Morgan fingerprint density at radius 2 is 1.94 bits per heavy atom. The molecule has 1 amide bonds. The number of carbonyl (C=O) groups is 2. The van der Waals surface area contributed by atoms with E-state index in [9.17, 15) is 18.0 Å². The number of anilines is 1. The zero-order valence-corrected chi connectivity index (χ0v) is 21.0. The van der Waals surface area contributed by atoms with Gasteiger partial charge >= 0.3 is 5.97 Å². The van der Waals surface area contributed by atoms with Gasteiger partial charge in [0.2, 0.25) is 22.0 Å². The summed E-state index contributed by atoms with van der Waals surface area (Å²) >= 11 is 6.09. The van der Waals surface area contributed by atoms with Crippen molar-refractivity contribution >= 4 is 39.2 Å². The molecule has 35 heavy (non-hydrogen) atoms. The molecule has 1 saturated heterocycles. The number of sulfonamides is 1. The van der Waals surface area contributed by atoms with Crippen LogP contribution in [0.5, 0.6) is 11.5 Å². The molecule has 0 spiro atoms. The summed E-state index contributed by atoms with van der Waals surface area (Å²) < 4.78 is 44.5. The monoisotopic (exact) mass is 522 g/mol. The van der Waals surface area contributed by atoms with E-state index in [0.717, 1.165) is 0 Å². The number of ether oxygens (including phenoxy) is 3. The smallest absolute Gasteiger partial charge is 0.348 e. The number of nitrogens with zero attached hydrogens (tertiary/aromatic N) is 2. The first-order valence-electron chi connectivity index (χ1n) is 11.3. The molecule has 4 rings (SSSR count). The largest absolute Gasteiger partial charge is 0.492 e. The first-order valence-corrected chi connectivity index (χ1v) is 13.2. The molecule has 2 heterocycles. The van der Waals surface area contributed by atoms with Crippen molar-refractivity contribution in [1.82, 2.24) is 4.31 Å². The Morgan fingerprint density at radius 1 is 1.17 bits per heavy atom. The lowest BCUT2D eigenvalue weighted by atomic mass is 9.97. The van der Waals surface area contributed by atoms with E-state index in [-0.39, 0.29) is 41.2 Å². The first kappa shape index (κ1) is 25.3. The number of rotatable bonds is 6. The Kier molecular flexibility index (Phi) is 7.53. The van der Waals surface area contributed by atoms with E-state index >= 15 is 0 Å². The molecular formula is C24H27ClN2O7S. The van der Waals surface area contributed by atoms with Crippen LogP contribution in [0, 0.1) is 5.92 Å². The van der Waals surface area contributed by atoms with Gasteiger partial charge in [0.15, 0.2) is 0 Å². The van der Waals surface area contributed by atoms with E-state index in [4.69, 9.17) is 25.8 Å². The van der Waals surface area contributed by atoms with Gasteiger partial charge in [-0.2, -0.15) is 4.31 Å². The molecule has 0 N–H and O–H groups in total.